The molecule has 2 aliphatic heterocycles. The normalized spacial score (nSPS) is 24.3. The lowest BCUT2D eigenvalue weighted by atomic mass is 9.62. The van der Waals surface area contributed by atoms with Gasteiger partial charge in [-0.1, -0.05) is 155 Å². The minimum Gasteiger partial charge on any atom is -0.423 e. The van der Waals surface area contributed by atoms with E-state index in [1.807, 2.05) is 19.9 Å². The molecule has 2 saturated carbocycles. The van der Waals surface area contributed by atoms with Crippen LogP contribution in [0.2, 0.25) is 0 Å². The number of nitrogens with one attached hydrogen (secondary N) is 1. The molecule has 11 N–H and O–H groups in total. The molecule has 0 aromatic rings. The molecule has 2 fully saturated rings. The van der Waals surface area contributed by atoms with Gasteiger partial charge in [-0.15, -0.1) is 8.86 Å². The van der Waals surface area contributed by atoms with Gasteiger partial charge in [-0.3, -0.25) is 19.9 Å². The molecule has 0 aromatic heterocycles. The van der Waals surface area contributed by atoms with Crippen molar-refractivity contribution in [3.8, 4) is 0 Å². The smallest absolute Gasteiger partial charge is 0.241 e. The lowest BCUT2D eigenvalue weighted by Crippen LogP contribution is -2.56. The highest BCUT2D eigenvalue weighted by Crippen LogP contribution is 2.50. The van der Waals surface area contributed by atoms with Gasteiger partial charge in [0.15, 0.2) is 0 Å². The minimum atomic E-state index is -0.0940. The van der Waals surface area contributed by atoms with Crippen LogP contribution in [0.25, 0.3) is 0 Å². The first-order chi connectivity index (χ1) is 37.3. The van der Waals surface area contributed by atoms with Crippen LogP contribution in [0.15, 0.2) is 95.2 Å². The molecule has 7 atom stereocenters. The number of allylic oxidation sites excluding steroid dienone is 5. The second kappa shape index (κ2) is 28.3. The Bertz CT molecular complexity index is 2370. The maximum Gasteiger partial charge on any atom is 0.241 e. The van der Waals surface area contributed by atoms with E-state index < -0.39 is 0 Å². The van der Waals surface area contributed by atoms with Gasteiger partial charge in [-0.05, 0) is 172 Å². The minimum absolute atomic E-state index is 0.0254. The van der Waals surface area contributed by atoms with Gasteiger partial charge in [0.2, 0.25) is 19.9 Å². The van der Waals surface area contributed by atoms with E-state index in [0.29, 0.717) is 71.3 Å². The highest BCUT2D eigenvalue weighted by Gasteiger charge is 2.45. The highest BCUT2D eigenvalue weighted by molar-refractivity contribution is 7.20. The zero-order valence-corrected chi connectivity index (χ0v) is 55.6. The van der Waals surface area contributed by atoms with Crippen molar-refractivity contribution in [2.24, 2.45) is 89.4 Å². The van der Waals surface area contributed by atoms with Crippen molar-refractivity contribution in [1.29, 1.82) is 0 Å². The van der Waals surface area contributed by atoms with Crippen molar-refractivity contribution >= 4 is 34.2 Å². The van der Waals surface area contributed by atoms with Gasteiger partial charge in [-0.2, -0.15) is 0 Å². The second-order valence-electron chi connectivity index (χ2n) is 29.6. The average Bonchev–Trinajstić information content (AvgIpc) is 3.50. The first kappa shape index (κ1) is 69.6. The predicted molar refractivity (Wildman–Crippen MR) is 352 cm³/mol. The number of hydrogen-bond acceptors (Lipinski definition) is 14. The summed E-state index contributed by atoms with van der Waals surface area (Å²) in [7, 11) is 8.73. The Kier molecular flexibility index (Phi) is 24.3. The summed E-state index contributed by atoms with van der Waals surface area (Å²) in [6.07, 6.45) is 24.4. The number of hydrazine groups is 5. The van der Waals surface area contributed by atoms with Crippen LogP contribution in [-0.2, 0) is 0 Å². The van der Waals surface area contributed by atoms with Crippen molar-refractivity contribution in [1.82, 2.24) is 40.1 Å². The fraction of sp³-hybridized carbons (Fsp3) is 0.734. The monoisotopic (exact) mass is 1140 g/mol. The summed E-state index contributed by atoms with van der Waals surface area (Å²) >= 11 is 0. The molecule has 7 unspecified atom stereocenters. The number of aliphatic imine (C=N–C) groups is 2. The zero-order chi connectivity index (χ0) is 61.4. The van der Waals surface area contributed by atoms with E-state index >= 15 is 0 Å². The maximum absolute atomic E-state index is 6.77. The van der Waals surface area contributed by atoms with Gasteiger partial charge in [0.1, 0.15) is 11.6 Å². The summed E-state index contributed by atoms with van der Waals surface area (Å²) in [4.78, 5) is 14.0. The van der Waals surface area contributed by atoms with Crippen molar-refractivity contribution in [2.45, 2.75) is 232 Å². The van der Waals surface area contributed by atoms with Crippen LogP contribution in [0.1, 0.15) is 219 Å². The Morgan fingerprint density at radius 2 is 1.22 bits per heavy atom. The number of hydrogen-bond donors (Lipinski definition) is 6. The molecule has 0 aromatic carbocycles. The van der Waals surface area contributed by atoms with Crippen molar-refractivity contribution in [3.05, 3.63) is 85.2 Å². The third-order valence-corrected chi connectivity index (χ3v) is 19.8. The Labute approximate surface area is 498 Å². The summed E-state index contributed by atoms with van der Waals surface area (Å²) < 4.78 is 0. The molecule has 2 heterocycles. The van der Waals surface area contributed by atoms with Gasteiger partial charge in [0.05, 0.1) is 11.4 Å². The molecular weight excluding hydrogens is 1020 g/mol. The van der Waals surface area contributed by atoms with Crippen LogP contribution >= 0.6 is 8.86 Å². The SMILES string of the molecule is BN(C(=C)CCCC(CC)CC(C)(C)C(CC)CC(C)(C)CC(CC)CCCC(=P)N(C)C1CC(C)(C)CC(C)(CNC(=C)N(N)C2=NC(=C)C=C(C)N2N)C1)C1CC(C)(C)CC(C)(CN(N)C(=C)N(N)C2=NC(=C)C=C(C)N2N)C1. The van der Waals surface area contributed by atoms with E-state index in [1.54, 1.807) is 11.1 Å². The molecule has 2 aliphatic carbocycles. The molecule has 17 heteroatoms. The van der Waals surface area contributed by atoms with Gasteiger partial charge < -0.3 is 10.1 Å². The maximum atomic E-state index is 6.77. The van der Waals surface area contributed by atoms with Crippen LogP contribution in [0.4, 0.5) is 0 Å². The fourth-order valence-corrected chi connectivity index (χ4v) is 15.6. The third-order valence-electron chi connectivity index (χ3n) is 19.2. The molecule has 0 spiro atoms. The van der Waals surface area contributed by atoms with Crippen LogP contribution in [0.3, 0.4) is 0 Å². The van der Waals surface area contributed by atoms with Gasteiger partial charge in [-0.25, -0.2) is 49.2 Å². The summed E-state index contributed by atoms with van der Waals surface area (Å²) in [5.41, 5.74) is 6.06. The standard InChI is InChI=1S/C64H119BN15P/c1-22-51(29-26-30-56(81)74(21)54-36-60(13,14)40-63(19,38-54)42-71-49(9)79(69)57-72-44(4)31-47(7)77(57)67)33-59(11,12)35-53(24-3)62(17,18)34-52(23-2)28-25-27-46(6)76(65)55-37-61(15,16)41-64(20,39-55)43-75(66)50(10)80(70)58-73-45(5)32-48(8)78(58)68/h31-32,51-55,71,81H,4-6,9-10,22-30,33-43,65-70H2,1-3,7-8,11-21H3. The van der Waals surface area contributed by atoms with Crippen LogP contribution in [0, 0.1) is 50.2 Å². The molecule has 4 aliphatic rings. The summed E-state index contributed by atoms with van der Waals surface area (Å²) in [6.45, 7) is 58.1. The Balaban J connectivity index is 1.25. The molecule has 0 amide bonds. The van der Waals surface area contributed by atoms with Crippen molar-refractivity contribution in [3.63, 3.8) is 0 Å². The average molecular weight is 1140 g/mol. The lowest BCUT2D eigenvalue weighted by molar-refractivity contribution is 0.0255. The van der Waals surface area contributed by atoms with E-state index in [-0.39, 0.29) is 32.5 Å². The number of nitrogens with two attached hydrogens (primary N) is 5. The molecular formula is C64H119BN15P. The highest BCUT2D eigenvalue weighted by atomic mass is 31.0. The number of rotatable bonds is 30. The topological polar surface area (TPSA) is 190 Å². The van der Waals surface area contributed by atoms with Gasteiger partial charge >= 0.3 is 0 Å². The summed E-state index contributed by atoms with van der Waals surface area (Å²) in [6, 6.07) is 0.759. The molecule has 81 heavy (non-hydrogen) atoms. The molecule has 0 bridgehead atoms. The molecule has 4 rings (SSSR count). The van der Waals surface area contributed by atoms with Crippen LogP contribution < -0.4 is 34.5 Å². The van der Waals surface area contributed by atoms with E-state index in [1.165, 1.54) is 88.9 Å². The van der Waals surface area contributed by atoms with Crippen molar-refractivity contribution < 1.29 is 0 Å². The molecule has 15 nitrogen and oxygen atoms in total. The largest absolute Gasteiger partial charge is 0.423 e. The predicted octanol–water partition coefficient (Wildman–Crippen LogP) is 12.4. The molecule has 458 valence electrons. The molecule has 0 radical (unpaired) electrons. The third kappa shape index (κ3) is 19.6. The van der Waals surface area contributed by atoms with E-state index in [4.69, 9.17) is 35.8 Å². The quantitative estimate of drug-likeness (QED) is 0.0173. The van der Waals surface area contributed by atoms with Gasteiger partial charge in [0.25, 0.3) is 0 Å². The Morgan fingerprint density at radius 3 is 1.75 bits per heavy atom. The number of guanidine groups is 2. The Morgan fingerprint density at radius 1 is 0.741 bits per heavy atom. The summed E-state index contributed by atoms with van der Waals surface area (Å²) in [5.74, 6) is 36.2. The molecule has 0 saturated heterocycles. The fourth-order valence-electron chi connectivity index (χ4n) is 15.2. The van der Waals surface area contributed by atoms with E-state index in [2.05, 4.69) is 165 Å². The second-order valence-corrected chi connectivity index (χ2v) is 30.1. The summed E-state index contributed by atoms with van der Waals surface area (Å²) in [5, 5.41) is 10.9. The number of nitrogens with zero attached hydrogens (tertiary/aromatic N) is 9. The Hall–Kier alpha value is -3.89. The van der Waals surface area contributed by atoms with Crippen LogP contribution in [0.5, 0.6) is 0 Å². The zero-order valence-electron chi connectivity index (χ0n) is 54.6. The van der Waals surface area contributed by atoms with E-state index in [9.17, 15) is 0 Å². The van der Waals surface area contributed by atoms with E-state index in [0.717, 1.165) is 75.7 Å². The first-order valence-electron chi connectivity index (χ1n) is 30.8. The lowest BCUT2D eigenvalue weighted by Gasteiger charge is -2.51. The van der Waals surface area contributed by atoms with Crippen LogP contribution in [-0.4, -0.2) is 92.3 Å². The van der Waals surface area contributed by atoms with Crippen molar-refractivity contribution in [2.75, 3.05) is 20.1 Å². The first-order valence-corrected chi connectivity index (χ1v) is 31.3. The van der Waals surface area contributed by atoms with Gasteiger partial charge in [0, 0.05) is 42.0 Å².